The third-order valence-corrected chi connectivity index (χ3v) is 5.50. The van der Waals surface area contributed by atoms with Gasteiger partial charge in [0.15, 0.2) is 0 Å². The Morgan fingerprint density at radius 3 is 2.63 bits per heavy atom. The maximum absolute atomic E-state index is 13.9. The molecule has 1 aliphatic heterocycles. The molecule has 1 aliphatic rings. The highest BCUT2D eigenvalue weighted by atomic mass is 32.2. The maximum Gasteiger partial charge on any atom is 0.335 e. The van der Waals surface area contributed by atoms with Crippen molar-refractivity contribution in [3.05, 3.63) is 94.4 Å². The van der Waals surface area contributed by atoms with Crippen LogP contribution in [-0.4, -0.2) is 31.7 Å². The van der Waals surface area contributed by atoms with Crippen molar-refractivity contribution < 1.29 is 23.9 Å². The summed E-state index contributed by atoms with van der Waals surface area (Å²) in [6.45, 7) is -0.143. The Morgan fingerprint density at radius 2 is 1.87 bits per heavy atom. The molecular weight excluding hydrogens is 407 g/mol. The Hall–Kier alpha value is -3.65. The molecule has 1 aromatic heterocycles. The Morgan fingerprint density at radius 1 is 1.07 bits per heavy atom. The van der Waals surface area contributed by atoms with E-state index in [0.29, 0.717) is 11.4 Å². The smallest absolute Gasteiger partial charge is 0.335 e. The highest BCUT2D eigenvalue weighted by Crippen LogP contribution is 2.34. The summed E-state index contributed by atoms with van der Waals surface area (Å²) in [6.07, 6.45) is 3.30. The van der Waals surface area contributed by atoms with Gasteiger partial charge in [0.05, 0.1) is 17.0 Å². The van der Waals surface area contributed by atoms with E-state index in [4.69, 9.17) is 0 Å². The summed E-state index contributed by atoms with van der Waals surface area (Å²) in [7, 11) is 0. The van der Waals surface area contributed by atoms with E-state index in [-0.39, 0.29) is 22.6 Å². The van der Waals surface area contributed by atoms with Gasteiger partial charge in [0.1, 0.15) is 5.82 Å². The Labute approximate surface area is 175 Å². The molecule has 4 rings (SSSR count). The lowest BCUT2D eigenvalue weighted by Crippen LogP contribution is -2.27. The van der Waals surface area contributed by atoms with Gasteiger partial charge in [-0.1, -0.05) is 24.3 Å². The summed E-state index contributed by atoms with van der Waals surface area (Å²) in [5.74, 6) is -2.02. The van der Waals surface area contributed by atoms with Crippen LogP contribution in [0.4, 0.5) is 9.18 Å². The molecular formula is C22H15FN2O4S. The molecule has 2 aromatic carbocycles. The summed E-state index contributed by atoms with van der Waals surface area (Å²) in [4.78, 5) is 37.6. The molecule has 0 aliphatic carbocycles. The number of amides is 2. The second-order valence-electron chi connectivity index (χ2n) is 6.52. The van der Waals surface area contributed by atoms with E-state index in [0.717, 1.165) is 16.7 Å². The fraction of sp³-hybridized carbons (Fsp3) is 0.0455. The van der Waals surface area contributed by atoms with E-state index >= 15 is 0 Å². The number of aromatic carboxylic acids is 1. The molecule has 0 atom stereocenters. The molecule has 1 saturated heterocycles. The van der Waals surface area contributed by atoms with Gasteiger partial charge in [0.25, 0.3) is 11.1 Å². The molecule has 30 heavy (non-hydrogen) atoms. The van der Waals surface area contributed by atoms with E-state index in [9.17, 15) is 23.9 Å². The molecule has 0 spiro atoms. The number of carboxylic acid groups (broad SMARTS) is 1. The van der Waals surface area contributed by atoms with Gasteiger partial charge < -0.3 is 9.67 Å². The Balaban J connectivity index is 1.63. The standard InChI is InChI=1S/C22H15FN2O4S/c23-18-9-2-1-5-15(18)13-25-20(26)19(30-22(25)29)12-17-8-4-10-24(17)16-7-3-6-14(11-16)21(27)28/h1-12H,13H2,(H,27,28)/b19-12+. The number of benzene rings is 2. The summed E-state index contributed by atoms with van der Waals surface area (Å²) < 4.78 is 15.6. The lowest BCUT2D eigenvalue weighted by molar-refractivity contribution is -0.123. The lowest BCUT2D eigenvalue weighted by atomic mass is 10.2. The average Bonchev–Trinajstić information content (AvgIpc) is 3.30. The average molecular weight is 422 g/mol. The van der Waals surface area contributed by atoms with Crippen molar-refractivity contribution in [2.45, 2.75) is 6.54 Å². The molecule has 8 heteroatoms. The lowest BCUT2D eigenvalue weighted by Gasteiger charge is -2.13. The van der Waals surface area contributed by atoms with Crippen molar-refractivity contribution >= 4 is 35.0 Å². The van der Waals surface area contributed by atoms with E-state index < -0.39 is 22.9 Å². The second-order valence-corrected chi connectivity index (χ2v) is 7.51. The first-order valence-corrected chi connectivity index (χ1v) is 9.75. The number of thioether (sulfide) groups is 1. The number of rotatable bonds is 5. The highest BCUT2D eigenvalue weighted by Gasteiger charge is 2.35. The van der Waals surface area contributed by atoms with Crippen molar-refractivity contribution in [3.63, 3.8) is 0 Å². The third kappa shape index (κ3) is 3.77. The number of hydrogen-bond donors (Lipinski definition) is 1. The molecule has 0 bridgehead atoms. The predicted octanol–water partition coefficient (Wildman–Crippen LogP) is 4.55. The largest absolute Gasteiger partial charge is 0.478 e. The van der Waals surface area contributed by atoms with Crippen LogP contribution in [0.3, 0.4) is 0 Å². The Bertz CT molecular complexity index is 1200. The number of nitrogens with zero attached hydrogens (tertiary/aromatic N) is 2. The SMILES string of the molecule is O=C(O)c1cccc(-n2cccc2/C=C2/SC(=O)N(Cc3ccccc3F)C2=O)c1. The summed E-state index contributed by atoms with van der Waals surface area (Å²) in [5.41, 5.74) is 1.61. The molecule has 0 saturated carbocycles. The first-order chi connectivity index (χ1) is 14.4. The van der Waals surface area contributed by atoms with E-state index in [1.54, 1.807) is 53.2 Å². The number of aromatic nitrogens is 1. The maximum atomic E-state index is 13.9. The van der Waals surface area contributed by atoms with Gasteiger partial charge in [-0.05, 0) is 54.2 Å². The fourth-order valence-corrected chi connectivity index (χ4v) is 3.93. The van der Waals surface area contributed by atoms with Gasteiger partial charge in [-0.25, -0.2) is 9.18 Å². The monoisotopic (exact) mass is 422 g/mol. The topological polar surface area (TPSA) is 79.6 Å². The van der Waals surface area contributed by atoms with Crippen molar-refractivity contribution in [2.24, 2.45) is 0 Å². The van der Waals surface area contributed by atoms with Gasteiger partial charge in [-0.2, -0.15) is 0 Å². The van der Waals surface area contributed by atoms with Crippen LogP contribution in [-0.2, 0) is 11.3 Å². The summed E-state index contributed by atoms with van der Waals surface area (Å²) >= 11 is 0.786. The molecule has 3 aromatic rings. The molecule has 0 unspecified atom stereocenters. The van der Waals surface area contributed by atoms with Gasteiger partial charge in [-0.3, -0.25) is 14.5 Å². The minimum atomic E-state index is -1.04. The zero-order chi connectivity index (χ0) is 21.3. The number of carboxylic acids is 1. The zero-order valence-electron chi connectivity index (χ0n) is 15.5. The second kappa shape index (κ2) is 8.00. The van der Waals surface area contributed by atoms with Gasteiger partial charge in [0.2, 0.25) is 0 Å². The number of carbonyl (C=O) groups is 3. The first-order valence-electron chi connectivity index (χ1n) is 8.94. The fourth-order valence-electron chi connectivity index (χ4n) is 3.10. The van der Waals surface area contributed by atoms with Crippen molar-refractivity contribution in [1.29, 1.82) is 0 Å². The molecule has 6 nitrogen and oxygen atoms in total. The number of carbonyl (C=O) groups excluding carboxylic acids is 2. The van der Waals surface area contributed by atoms with Gasteiger partial charge >= 0.3 is 5.97 Å². The van der Waals surface area contributed by atoms with E-state index in [1.165, 1.54) is 24.3 Å². The van der Waals surface area contributed by atoms with Crippen molar-refractivity contribution in [3.8, 4) is 5.69 Å². The van der Waals surface area contributed by atoms with Crippen molar-refractivity contribution in [1.82, 2.24) is 9.47 Å². The molecule has 1 N–H and O–H groups in total. The van der Waals surface area contributed by atoms with Gasteiger partial charge in [-0.15, -0.1) is 0 Å². The Kier molecular flexibility index (Phi) is 5.24. The first kappa shape index (κ1) is 19.7. The molecule has 1 fully saturated rings. The normalized spacial score (nSPS) is 15.2. The van der Waals surface area contributed by atoms with Crippen LogP contribution in [0, 0.1) is 5.82 Å². The third-order valence-electron chi connectivity index (χ3n) is 4.59. The van der Waals surface area contributed by atoms with E-state index in [1.807, 2.05) is 0 Å². The summed E-state index contributed by atoms with van der Waals surface area (Å²) in [5, 5.41) is 8.73. The minimum Gasteiger partial charge on any atom is -0.478 e. The quantitative estimate of drug-likeness (QED) is 0.610. The number of hydrogen-bond acceptors (Lipinski definition) is 4. The predicted molar refractivity (Wildman–Crippen MR) is 111 cm³/mol. The van der Waals surface area contributed by atoms with Crippen LogP contribution in [0.1, 0.15) is 21.6 Å². The van der Waals surface area contributed by atoms with Crippen LogP contribution in [0.15, 0.2) is 71.8 Å². The van der Waals surface area contributed by atoms with Crippen LogP contribution in [0.25, 0.3) is 11.8 Å². The molecule has 2 heterocycles. The van der Waals surface area contributed by atoms with Crippen LogP contribution in [0.5, 0.6) is 0 Å². The molecule has 150 valence electrons. The van der Waals surface area contributed by atoms with E-state index in [2.05, 4.69) is 0 Å². The minimum absolute atomic E-state index is 0.136. The highest BCUT2D eigenvalue weighted by molar-refractivity contribution is 8.18. The molecule has 2 amide bonds. The van der Waals surface area contributed by atoms with Crippen LogP contribution >= 0.6 is 11.8 Å². The number of halogens is 1. The number of imide groups is 1. The van der Waals surface area contributed by atoms with Crippen LogP contribution in [0.2, 0.25) is 0 Å². The molecule has 0 radical (unpaired) electrons. The van der Waals surface area contributed by atoms with Gasteiger partial charge in [0, 0.05) is 23.1 Å². The zero-order valence-corrected chi connectivity index (χ0v) is 16.3. The summed E-state index contributed by atoms with van der Waals surface area (Å²) in [6, 6.07) is 15.9. The van der Waals surface area contributed by atoms with Crippen molar-refractivity contribution in [2.75, 3.05) is 0 Å². The van der Waals surface area contributed by atoms with Crippen LogP contribution < -0.4 is 0 Å².